The van der Waals surface area contributed by atoms with Crippen molar-refractivity contribution in [2.75, 3.05) is 26.4 Å². The number of hydrogen-bond acceptors (Lipinski definition) is 18. The SMILES string of the molecule is CC1=C(/C=C/C(C)=C/C=C/C(C)=C/C=C/C=C(C)/C=C/C=C(C)/C=C/C2=C(C)C(=O)C(OC(=O)CCC(=O)OCC(O)C3OCC(O)=C3O)CC2(C)C)C(C)(C)CC(OC(=O)CCC(=O)OCC(O)C2OCC(O)=C2O)C1=O. The molecule has 18 heteroatoms. The molecule has 2 aliphatic carbocycles. The first-order valence-electron chi connectivity index (χ1n) is 25.7. The summed E-state index contributed by atoms with van der Waals surface area (Å²) in [6.45, 7) is 17.5. The largest absolute Gasteiger partial charge is 0.506 e. The Balaban J connectivity index is 1.20. The molecule has 0 aromatic heterocycles. The minimum atomic E-state index is -1.42. The second-order valence-electron chi connectivity index (χ2n) is 21.0. The van der Waals surface area contributed by atoms with E-state index in [0.29, 0.717) is 11.1 Å². The maximum Gasteiger partial charge on any atom is 0.307 e. The molecule has 0 amide bonds. The Morgan fingerprint density at radius 3 is 1.19 bits per heavy atom. The lowest BCUT2D eigenvalue weighted by Gasteiger charge is -2.36. The first-order chi connectivity index (χ1) is 36.6. The topological polar surface area (TPSA) is 279 Å². The molecular formula is C60H76O18. The second-order valence-corrected chi connectivity index (χ2v) is 21.0. The van der Waals surface area contributed by atoms with Gasteiger partial charge in [-0.1, -0.05) is 135 Å². The number of aliphatic hydroxyl groups excluding tert-OH is 6. The number of Topliss-reactive ketones (excluding diaryl/α,β-unsaturated/α-hetero) is 2. The highest BCUT2D eigenvalue weighted by Crippen LogP contribution is 2.42. The zero-order chi connectivity index (χ0) is 58.1. The number of hydrogen-bond donors (Lipinski definition) is 6. The monoisotopic (exact) mass is 1080 g/mol. The van der Waals surface area contributed by atoms with Gasteiger partial charge in [-0.2, -0.15) is 0 Å². The van der Waals surface area contributed by atoms with Crippen LogP contribution in [0.15, 0.2) is 153 Å². The average molecular weight is 1090 g/mol. The van der Waals surface area contributed by atoms with Gasteiger partial charge in [0.2, 0.25) is 0 Å². The molecule has 0 radical (unpaired) electrons. The van der Waals surface area contributed by atoms with Crippen LogP contribution in [0.5, 0.6) is 0 Å². The molecule has 6 unspecified atom stereocenters. The number of rotatable bonds is 24. The van der Waals surface area contributed by atoms with Crippen LogP contribution in [0.1, 0.15) is 108 Å². The van der Waals surface area contributed by atoms with Crippen molar-refractivity contribution in [3.8, 4) is 0 Å². The zero-order valence-corrected chi connectivity index (χ0v) is 46.2. The van der Waals surface area contributed by atoms with Crippen LogP contribution in [0.4, 0.5) is 0 Å². The van der Waals surface area contributed by atoms with Crippen molar-refractivity contribution in [1.29, 1.82) is 0 Å². The number of ketones is 2. The Hall–Kier alpha value is -7.12. The van der Waals surface area contributed by atoms with Crippen LogP contribution in [0.3, 0.4) is 0 Å². The highest BCUT2D eigenvalue weighted by molar-refractivity contribution is 6.02. The Bertz CT molecular complexity index is 2520. The van der Waals surface area contributed by atoms with Crippen LogP contribution in [-0.2, 0) is 57.2 Å². The number of allylic oxidation sites excluding steroid dienone is 20. The standard InChI is InChI=1S/C60H76O18/c1-35(17-13-19-37(3)21-23-41-39(5)53(69)47(29-59(41,7)8)77-51(67)27-25-49(65)73-33-45(63)57-55(71)43(61)31-75-57)15-11-12-16-36(2)18-14-20-38(4)22-24-42-40(6)54(70)48(30-60(42,9)10)78-52(68)28-26-50(66)74-34-46(64)58-56(72)44(62)32-76-58/h11-24,45-48,57-58,61-64,71-72H,25-34H2,1-10H3/b12-11+,17-13+,18-14+,23-21+,24-22+,35-15+,36-16+,37-19+,38-20+. The summed E-state index contributed by atoms with van der Waals surface area (Å²) in [4.78, 5) is 76.4. The fraction of sp³-hybridized carbons (Fsp3) is 0.467. The maximum absolute atomic E-state index is 13.3. The van der Waals surface area contributed by atoms with Gasteiger partial charge in [-0.3, -0.25) is 28.8 Å². The summed E-state index contributed by atoms with van der Waals surface area (Å²) in [5.41, 5.74) is 5.50. The Morgan fingerprint density at radius 2 is 0.859 bits per heavy atom. The minimum Gasteiger partial charge on any atom is -0.506 e. The van der Waals surface area contributed by atoms with Crippen molar-refractivity contribution < 1.29 is 87.8 Å². The van der Waals surface area contributed by atoms with Crippen molar-refractivity contribution in [1.82, 2.24) is 0 Å². The lowest BCUT2D eigenvalue weighted by Crippen LogP contribution is -2.39. The van der Waals surface area contributed by atoms with Crippen LogP contribution in [0, 0.1) is 10.8 Å². The van der Waals surface area contributed by atoms with E-state index in [-0.39, 0.29) is 63.3 Å². The number of ether oxygens (including phenoxy) is 6. The molecule has 0 spiro atoms. The normalized spacial score (nSPS) is 23.5. The van der Waals surface area contributed by atoms with Gasteiger partial charge in [-0.15, -0.1) is 0 Å². The molecule has 4 rings (SSSR count). The van der Waals surface area contributed by atoms with Gasteiger partial charge in [0.05, 0.1) is 25.7 Å². The zero-order valence-electron chi connectivity index (χ0n) is 46.2. The van der Waals surface area contributed by atoms with Gasteiger partial charge in [0.15, 0.2) is 46.8 Å². The lowest BCUT2D eigenvalue weighted by molar-refractivity contribution is -0.159. The maximum atomic E-state index is 13.3. The van der Waals surface area contributed by atoms with E-state index < -0.39 is 108 Å². The Labute approximate surface area is 456 Å². The average Bonchev–Trinajstić information content (AvgIpc) is 3.96. The van der Waals surface area contributed by atoms with Gasteiger partial charge in [-0.05, 0) is 74.7 Å². The van der Waals surface area contributed by atoms with Crippen LogP contribution >= 0.6 is 0 Å². The molecular weight excluding hydrogens is 1010 g/mol. The van der Waals surface area contributed by atoms with Gasteiger partial charge >= 0.3 is 23.9 Å². The molecule has 0 saturated heterocycles. The summed E-state index contributed by atoms with van der Waals surface area (Å²) >= 11 is 0. The van der Waals surface area contributed by atoms with Crippen molar-refractivity contribution in [2.24, 2.45) is 10.8 Å². The highest BCUT2D eigenvalue weighted by Gasteiger charge is 2.42. The smallest absolute Gasteiger partial charge is 0.307 e. The van der Waals surface area contributed by atoms with E-state index in [4.69, 9.17) is 28.4 Å². The Morgan fingerprint density at radius 1 is 0.538 bits per heavy atom. The first kappa shape index (κ1) is 63.4. The molecule has 0 aromatic rings. The van der Waals surface area contributed by atoms with E-state index in [1.807, 2.05) is 140 Å². The number of esters is 4. The predicted molar refractivity (Wildman–Crippen MR) is 289 cm³/mol. The van der Waals surface area contributed by atoms with Gasteiger partial charge < -0.3 is 59.1 Å². The fourth-order valence-corrected chi connectivity index (χ4v) is 8.83. The summed E-state index contributed by atoms with van der Waals surface area (Å²) in [7, 11) is 0. The molecule has 6 N–H and O–H groups in total. The molecule has 2 aliphatic heterocycles. The third-order valence-electron chi connectivity index (χ3n) is 13.3. The van der Waals surface area contributed by atoms with E-state index in [1.165, 1.54) is 0 Å². The fourth-order valence-electron chi connectivity index (χ4n) is 8.83. The van der Waals surface area contributed by atoms with Gasteiger partial charge in [0.1, 0.15) is 50.8 Å². The molecule has 6 atom stereocenters. The lowest BCUT2D eigenvalue weighted by atomic mass is 9.71. The third kappa shape index (κ3) is 18.8. The van der Waals surface area contributed by atoms with Crippen molar-refractivity contribution >= 4 is 35.4 Å². The third-order valence-corrected chi connectivity index (χ3v) is 13.3. The van der Waals surface area contributed by atoms with Crippen LogP contribution in [-0.4, -0.2) is 129 Å². The van der Waals surface area contributed by atoms with Crippen molar-refractivity contribution in [3.05, 3.63) is 153 Å². The van der Waals surface area contributed by atoms with E-state index >= 15 is 0 Å². The Kier molecular flexibility index (Phi) is 23.6. The van der Waals surface area contributed by atoms with Crippen LogP contribution in [0.25, 0.3) is 0 Å². The number of carbonyl (C=O) groups is 6. The summed E-state index contributed by atoms with van der Waals surface area (Å²) < 4.78 is 31.1. The van der Waals surface area contributed by atoms with Crippen molar-refractivity contribution in [3.63, 3.8) is 0 Å². The molecule has 0 saturated carbocycles. The molecule has 424 valence electrons. The summed E-state index contributed by atoms with van der Waals surface area (Å²) in [6, 6.07) is 0. The van der Waals surface area contributed by atoms with E-state index in [0.717, 1.165) is 33.4 Å². The first-order valence-corrected chi connectivity index (χ1v) is 25.7. The van der Waals surface area contributed by atoms with Crippen molar-refractivity contribution in [2.45, 2.75) is 144 Å². The summed E-state index contributed by atoms with van der Waals surface area (Å²) in [6.07, 6.45) is 19.0. The summed E-state index contributed by atoms with van der Waals surface area (Å²) in [5, 5.41) is 58.6. The molecule has 0 aromatic carbocycles. The van der Waals surface area contributed by atoms with Crippen LogP contribution < -0.4 is 0 Å². The second kappa shape index (κ2) is 29.0. The number of carbonyl (C=O) groups excluding carboxylic acids is 6. The molecule has 4 aliphatic rings. The minimum absolute atomic E-state index is 0.246. The quantitative estimate of drug-likeness (QED) is 0.0299. The van der Waals surface area contributed by atoms with E-state index in [2.05, 4.69) is 0 Å². The van der Waals surface area contributed by atoms with E-state index in [1.54, 1.807) is 13.8 Å². The molecule has 18 nitrogen and oxygen atoms in total. The molecule has 0 bridgehead atoms. The van der Waals surface area contributed by atoms with Gasteiger partial charge in [-0.25, -0.2) is 0 Å². The highest BCUT2D eigenvalue weighted by atomic mass is 16.6. The predicted octanol–water partition coefficient (Wildman–Crippen LogP) is 8.83. The van der Waals surface area contributed by atoms with Crippen LogP contribution in [0.2, 0.25) is 0 Å². The van der Waals surface area contributed by atoms with Gasteiger partial charge in [0, 0.05) is 12.8 Å². The van der Waals surface area contributed by atoms with Gasteiger partial charge in [0.25, 0.3) is 0 Å². The summed E-state index contributed by atoms with van der Waals surface area (Å²) in [5.74, 6) is -5.62. The molecule has 78 heavy (non-hydrogen) atoms. The molecule has 2 heterocycles. The number of aliphatic hydroxyl groups is 6. The molecule has 0 fully saturated rings. The van der Waals surface area contributed by atoms with E-state index in [9.17, 15) is 59.4 Å².